The number of nitrogens with zero attached hydrogens (tertiary/aromatic N) is 2. The van der Waals surface area contributed by atoms with Gasteiger partial charge in [-0.05, 0) is 44.5 Å². The standard InChI is InChI=1S/C15H18BrF3N2/c1-10-8-20-6-2-3-12(20)9-21(10)11-4-5-14(16)13(7-11)15(17,18)19/h4-5,7,10,12H,2-3,6,8-9H2,1H3. The first-order valence-corrected chi connectivity index (χ1v) is 8.03. The highest BCUT2D eigenvalue weighted by molar-refractivity contribution is 9.10. The van der Waals surface area contributed by atoms with Crippen LogP contribution in [0.15, 0.2) is 22.7 Å². The van der Waals surface area contributed by atoms with E-state index in [9.17, 15) is 13.2 Å². The zero-order valence-corrected chi connectivity index (χ0v) is 13.4. The van der Waals surface area contributed by atoms with Crippen molar-refractivity contribution in [2.24, 2.45) is 0 Å². The second kappa shape index (κ2) is 5.47. The Labute approximate surface area is 131 Å². The number of halogens is 4. The third kappa shape index (κ3) is 2.93. The zero-order valence-electron chi connectivity index (χ0n) is 11.8. The Morgan fingerprint density at radius 1 is 1.24 bits per heavy atom. The summed E-state index contributed by atoms with van der Waals surface area (Å²) in [5, 5.41) is 0. The van der Waals surface area contributed by atoms with Gasteiger partial charge >= 0.3 is 6.18 Å². The molecule has 116 valence electrons. The van der Waals surface area contributed by atoms with Crippen LogP contribution in [0.1, 0.15) is 25.3 Å². The predicted molar refractivity (Wildman–Crippen MR) is 80.5 cm³/mol. The molecule has 2 unspecified atom stereocenters. The summed E-state index contributed by atoms with van der Waals surface area (Å²) in [7, 11) is 0. The van der Waals surface area contributed by atoms with Crippen molar-refractivity contribution in [3.05, 3.63) is 28.2 Å². The van der Waals surface area contributed by atoms with Gasteiger partial charge in [-0.1, -0.05) is 15.9 Å². The van der Waals surface area contributed by atoms with E-state index in [0.29, 0.717) is 11.7 Å². The van der Waals surface area contributed by atoms with E-state index in [1.807, 2.05) is 0 Å². The Kier molecular flexibility index (Phi) is 3.94. The van der Waals surface area contributed by atoms with Crippen LogP contribution in [0.4, 0.5) is 18.9 Å². The molecule has 2 fully saturated rings. The van der Waals surface area contributed by atoms with Crippen LogP contribution in [0.25, 0.3) is 0 Å². The maximum absolute atomic E-state index is 13.1. The number of rotatable bonds is 1. The highest BCUT2D eigenvalue weighted by Crippen LogP contribution is 2.38. The van der Waals surface area contributed by atoms with Gasteiger partial charge in [0.2, 0.25) is 0 Å². The number of anilines is 1. The Bertz CT molecular complexity index is 532. The van der Waals surface area contributed by atoms with Gasteiger partial charge in [-0.15, -0.1) is 0 Å². The Hall–Kier alpha value is -0.750. The molecule has 2 atom stereocenters. The quantitative estimate of drug-likeness (QED) is 0.740. The molecular formula is C15H18BrF3N2. The van der Waals surface area contributed by atoms with E-state index in [1.165, 1.54) is 18.6 Å². The summed E-state index contributed by atoms with van der Waals surface area (Å²) in [4.78, 5) is 4.58. The highest BCUT2D eigenvalue weighted by atomic mass is 79.9. The third-order valence-electron chi connectivity index (χ3n) is 4.52. The summed E-state index contributed by atoms with van der Waals surface area (Å²) in [6.45, 7) is 4.96. The van der Waals surface area contributed by atoms with Crippen LogP contribution < -0.4 is 4.90 Å². The van der Waals surface area contributed by atoms with E-state index in [1.54, 1.807) is 6.07 Å². The molecule has 0 bridgehead atoms. The van der Waals surface area contributed by atoms with Gasteiger partial charge in [-0.2, -0.15) is 13.2 Å². The summed E-state index contributed by atoms with van der Waals surface area (Å²) in [5.41, 5.74) is 0.0747. The first-order valence-electron chi connectivity index (χ1n) is 7.23. The zero-order chi connectivity index (χ0) is 15.2. The Balaban J connectivity index is 1.89. The molecule has 0 radical (unpaired) electrons. The minimum absolute atomic E-state index is 0.103. The van der Waals surface area contributed by atoms with Gasteiger partial charge in [0.1, 0.15) is 0 Å². The normalized spacial score (nSPS) is 27.0. The minimum atomic E-state index is -4.33. The average molecular weight is 363 g/mol. The van der Waals surface area contributed by atoms with E-state index in [-0.39, 0.29) is 10.5 Å². The van der Waals surface area contributed by atoms with Gasteiger partial charge in [0.15, 0.2) is 0 Å². The monoisotopic (exact) mass is 362 g/mol. The largest absolute Gasteiger partial charge is 0.417 e. The molecule has 1 aromatic carbocycles. The molecule has 0 amide bonds. The topological polar surface area (TPSA) is 6.48 Å². The molecule has 6 heteroatoms. The van der Waals surface area contributed by atoms with Gasteiger partial charge in [-0.3, -0.25) is 4.90 Å². The summed E-state index contributed by atoms with van der Waals surface area (Å²) in [5.74, 6) is 0. The van der Waals surface area contributed by atoms with Crippen molar-refractivity contribution < 1.29 is 13.2 Å². The number of alkyl halides is 3. The number of fused-ring (bicyclic) bond motifs is 1. The van der Waals surface area contributed by atoms with Crippen LogP contribution in [0.2, 0.25) is 0 Å². The van der Waals surface area contributed by atoms with Crippen LogP contribution in [0, 0.1) is 0 Å². The lowest BCUT2D eigenvalue weighted by molar-refractivity contribution is -0.138. The lowest BCUT2D eigenvalue weighted by atomic mass is 10.1. The average Bonchev–Trinajstić information content (AvgIpc) is 2.84. The molecule has 0 N–H and O–H groups in total. The summed E-state index contributed by atoms with van der Waals surface area (Å²) >= 11 is 3.00. The molecule has 21 heavy (non-hydrogen) atoms. The molecule has 0 saturated carbocycles. The number of piperazine rings is 1. The summed E-state index contributed by atoms with van der Waals surface area (Å²) in [6, 6.07) is 5.28. The second-order valence-electron chi connectivity index (χ2n) is 5.95. The molecule has 0 aromatic heterocycles. The van der Waals surface area contributed by atoms with Gasteiger partial charge in [0, 0.05) is 35.3 Å². The maximum Gasteiger partial charge on any atom is 0.417 e. The number of hydrogen-bond donors (Lipinski definition) is 0. The van der Waals surface area contributed by atoms with Crippen molar-refractivity contribution in [2.45, 2.75) is 38.0 Å². The fourth-order valence-corrected chi connectivity index (χ4v) is 3.93. The van der Waals surface area contributed by atoms with Crippen LogP contribution in [0.3, 0.4) is 0 Å². The number of benzene rings is 1. The summed E-state index contributed by atoms with van der Waals surface area (Å²) < 4.78 is 39.3. The van der Waals surface area contributed by atoms with E-state index in [0.717, 1.165) is 26.1 Å². The van der Waals surface area contributed by atoms with Gasteiger partial charge < -0.3 is 4.90 Å². The molecule has 2 heterocycles. The van der Waals surface area contributed by atoms with Crippen molar-refractivity contribution in [3.63, 3.8) is 0 Å². The smallest absolute Gasteiger partial charge is 0.366 e. The molecule has 2 saturated heterocycles. The molecule has 1 aromatic rings. The van der Waals surface area contributed by atoms with E-state index in [4.69, 9.17) is 0 Å². The van der Waals surface area contributed by atoms with Crippen molar-refractivity contribution in [1.29, 1.82) is 0 Å². The van der Waals surface area contributed by atoms with Gasteiger partial charge in [0.25, 0.3) is 0 Å². The number of hydrogen-bond acceptors (Lipinski definition) is 2. The molecule has 2 nitrogen and oxygen atoms in total. The third-order valence-corrected chi connectivity index (χ3v) is 5.22. The highest BCUT2D eigenvalue weighted by Gasteiger charge is 2.37. The van der Waals surface area contributed by atoms with E-state index >= 15 is 0 Å². The molecule has 3 rings (SSSR count). The van der Waals surface area contributed by atoms with Crippen LogP contribution in [-0.4, -0.2) is 36.6 Å². The molecular weight excluding hydrogens is 345 g/mol. The Morgan fingerprint density at radius 3 is 2.71 bits per heavy atom. The second-order valence-corrected chi connectivity index (χ2v) is 6.81. The SMILES string of the molecule is CC1CN2CCCC2CN1c1ccc(Br)c(C(F)(F)F)c1. The van der Waals surface area contributed by atoms with Crippen LogP contribution in [-0.2, 0) is 6.18 Å². The van der Waals surface area contributed by atoms with E-state index < -0.39 is 11.7 Å². The van der Waals surface area contributed by atoms with Crippen molar-refractivity contribution in [1.82, 2.24) is 4.90 Å². The van der Waals surface area contributed by atoms with Crippen molar-refractivity contribution >= 4 is 21.6 Å². The lowest BCUT2D eigenvalue weighted by Gasteiger charge is -2.43. The van der Waals surface area contributed by atoms with Crippen molar-refractivity contribution in [3.8, 4) is 0 Å². The summed E-state index contributed by atoms with van der Waals surface area (Å²) in [6.07, 6.45) is -1.99. The molecule has 0 aliphatic carbocycles. The minimum Gasteiger partial charge on any atom is -0.366 e. The fourth-order valence-electron chi connectivity index (χ4n) is 3.46. The molecule has 2 aliphatic heterocycles. The molecule has 0 spiro atoms. The first-order chi connectivity index (χ1) is 9.86. The fraction of sp³-hybridized carbons (Fsp3) is 0.600. The van der Waals surface area contributed by atoms with Gasteiger partial charge in [-0.25, -0.2) is 0 Å². The van der Waals surface area contributed by atoms with Crippen LogP contribution in [0.5, 0.6) is 0 Å². The van der Waals surface area contributed by atoms with Gasteiger partial charge in [0.05, 0.1) is 5.56 Å². The first kappa shape index (κ1) is 15.2. The van der Waals surface area contributed by atoms with E-state index in [2.05, 4.69) is 32.7 Å². The van der Waals surface area contributed by atoms with Crippen molar-refractivity contribution in [2.75, 3.05) is 24.5 Å². The Morgan fingerprint density at radius 2 is 2.00 bits per heavy atom. The maximum atomic E-state index is 13.1. The molecule has 2 aliphatic rings. The predicted octanol–water partition coefficient (Wildman–Crippen LogP) is 4.14. The lowest BCUT2D eigenvalue weighted by Crippen LogP contribution is -2.55. The van der Waals surface area contributed by atoms with Crippen LogP contribution >= 0.6 is 15.9 Å².